The minimum atomic E-state index is -0.487. The van der Waals surface area contributed by atoms with Crippen LogP contribution in [0.5, 0.6) is 5.75 Å². The highest BCUT2D eigenvalue weighted by Crippen LogP contribution is 2.42. The number of benzene rings is 2. The molecule has 2 aromatic carbocycles. The predicted octanol–water partition coefficient (Wildman–Crippen LogP) is 4.34. The highest BCUT2D eigenvalue weighted by atomic mass is 19.1. The van der Waals surface area contributed by atoms with Gasteiger partial charge in [-0.15, -0.1) is 0 Å². The van der Waals surface area contributed by atoms with Crippen molar-refractivity contribution in [2.45, 2.75) is 25.4 Å². The number of rotatable bonds is 4. The molecule has 3 aliphatic rings. The number of halogens is 1. The largest absolute Gasteiger partial charge is 0.495 e. The molecule has 0 aliphatic carbocycles. The Bertz CT molecular complexity index is 1330. The van der Waals surface area contributed by atoms with Crippen molar-refractivity contribution in [3.63, 3.8) is 0 Å². The molecular weight excluding hydrogens is 461 g/mol. The summed E-state index contributed by atoms with van der Waals surface area (Å²) in [4.78, 5) is 9.55. The minimum absolute atomic E-state index is 0.258. The fourth-order valence-electron chi connectivity index (χ4n) is 5.11. The summed E-state index contributed by atoms with van der Waals surface area (Å²) in [5.41, 5.74) is 3.20. The summed E-state index contributed by atoms with van der Waals surface area (Å²) in [7, 11) is 1.66. The molecule has 1 aromatic heterocycles. The standard InChI is InChI=1S/C27H28FN5O3/c1-19-17-31(18-29-19)23-8-3-20(15-24(23)34-2)16-25-26-30-27(9-12-35-13-10-27)33(32(26)11-14-36-25)22-6-4-21(28)5-7-22/h3-8,15-18H,9-14H2,1-2H3/b25-16-. The molecule has 3 aliphatic heterocycles. The van der Waals surface area contributed by atoms with E-state index in [0.717, 1.165) is 47.1 Å². The van der Waals surface area contributed by atoms with Crippen LogP contribution in [0, 0.1) is 12.7 Å². The van der Waals surface area contributed by atoms with Crippen LogP contribution in [0.15, 0.2) is 65.7 Å². The first-order valence-corrected chi connectivity index (χ1v) is 12.1. The van der Waals surface area contributed by atoms with Gasteiger partial charge in [0.25, 0.3) is 0 Å². The Labute approximate surface area is 209 Å². The van der Waals surface area contributed by atoms with Gasteiger partial charge in [0.15, 0.2) is 17.3 Å². The number of imidazole rings is 1. The summed E-state index contributed by atoms with van der Waals surface area (Å²) in [6.45, 7) is 4.36. The molecule has 1 spiro atoms. The quantitative estimate of drug-likeness (QED) is 0.543. The Hall–Kier alpha value is -3.85. The Morgan fingerprint density at radius 1 is 1.08 bits per heavy atom. The lowest BCUT2D eigenvalue weighted by atomic mass is 10.00. The van der Waals surface area contributed by atoms with Gasteiger partial charge in [-0.25, -0.2) is 14.4 Å². The van der Waals surface area contributed by atoms with Crippen molar-refractivity contribution in [1.29, 1.82) is 0 Å². The molecule has 0 saturated carbocycles. The van der Waals surface area contributed by atoms with Crippen LogP contribution in [-0.4, -0.2) is 59.5 Å². The molecule has 0 N–H and O–H groups in total. The number of aromatic nitrogens is 2. The summed E-state index contributed by atoms with van der Waals surface area (Å²) in [5.74, 6) is 1.95. The zero-order chi connectivity index (χ0) is 24.7. The number of aliphatic imine (C=N–C) groups is 1. The smallest absolute Gasteiger partial charge is 0.188 e. The molecule has 4 heterocycles. The van der Waals surface area contributed by atoms with Gasteiger partial charge in [-0.05, 0) is 55.0 Å². The van der Waals surface area contributed by atoms with Crippen molar-refractivity contribution in [2.24, 2.45) is 4.99 Å². The van der Waals surface area contributed by atoms with Gasteiger partial charge in [0.05, 0.1) is 50.3 Å². The van der Waals surface area contributed by atoms with Crippen LogP contribution in [0.1, 0.15) is 24.1 Å². The number of aryl methyl sites for hydroxylation is 1. The van der Waals surface area contributed by atoms with Crippen molar-refractivity contribution in [3.05, 3.63) is 77.8 Å². The van der Waals surface area contributed by atoms with Crippen LogP contribution in [0.2, 0.25) is 0 Å². The Balaban J connectivity index is 1.38. The van der Waals surface area contributed by atoms with Crippen LogP contribution in [-0.2, 0) is 9.47 Å². The van der Waals surface area contributed by atoms with E-state index in [9.17, 15) is 4.39 Å². The summed E-state index contributed by atoms with van der Waals surface area (Å²) >= 11 is 0. The third kappa shape index (κ3) is 3.89. The van der Waals surface area contributed by atoms with E-state index < -0.39 is 5.66 Å². The number of anilines is 1. The molecule has 2 fully saturated rings. The number of ether oxygens (including phenoxy) is 3. The number of methoxy groups -OCH3 is 1. The second-order valence-corrected chi connectivity index (χ2v) is 9.15. The van der Waals surface area contributed by atoms with Gasteiger partial charge >= 0.3 is 0 Å². The molecule has 186 valence electrons. The average Bonchev–Trinajstić information content (AvgIpc) is 3.46. The highest BCUT2D eigenvalue weighted by Gasteiger charge is 2.50. The summed E-state index contributed by atoms with van der Waals surface area (Å²) in [6.07, 6.45) is 7.22. The molecule has 0 unspecified atom stereocenters. The van der Waals surface area contributed by atoms with E-state index in [1.807, 2.05) is 54.1 Å². The predicted molar refractivity (Wildman–Crippen MR) is 135 cm³/mol. The van der Waals surface area contributed by atoms with E-state index >= 15 is 0 Å². The third-order valence-electron chi connectivity index (χ3n) is 6.83. The van der Waals surface area contributed by atoms with Crippen LogP contribution in [0.3, 0.4) is 0 Å². The molecule has 8 nitrogen and oxygen atoms in total. The van der Waals surface area contributed by atoms with Crippen molar-refractivity contribution in [2.75, 3.05) is 38.5 Å². The zero-order valence-corrected chi connectivity index (χ0v) is 20.4. The first kappa shape index (κ1) is 22.6. The molecule has 3 aromatic rings. The number of fused-ring (bicyclic) bond motifs is 1. The summed E-state index contributed by atoms with van der Waals surface area (Å²) in [6, 6.07) is 12.6. The van der Waals surface area contributed by atoms with Crippen molar-refractivity contribution >= 4 is 17.6 Å². The second-order valence-electron chi connectivity index (χ2n) is 9.15. The van der Waals surface area contributed by atoms with E-state index in [1.54, 1.807) is 13.4 Å². The van der Waals surface area contributed by atoms with Gasteiger partial charge in [0.2, 0.25) is 0 Å². The molecular formula is C27H28FN5O3. The second kappa shape index (κ2) is 8.98. The Morgan fingerprint density at radius 3 is 2.61 bits per heavy atom. The molecule has 0 bridgehead atoms. The van der Waals surface area contributed by atoms with E-state index in [1.165, 1.54) is 12.1 Å². The monoisotopic (exact) mass is 489 g/mol. The maximum atomic E-state index is 13.7. The SMILES string of the molecule is COc1cc(/C=C2\OCCN3C2=NC2(CCOCC2)N3c2ccc(F)cc2)ccc1-n1cnc(C)c1. The summed E-state index contributed by atoms with van der Waals surface area (Å²) in [5, 5.41) is 4.36. The zero-order valence-electron chi connectivity index (χ0n) is 20.4. The highest BCUT2D eigenvalue weighted by molar-refractivity contribution is 6.03. The van der Waals surface area contributed by atoms with Gasteiger partial charge in [-0.2, -0.15) is 0 Å². The first-order valence-electron chi connectivity index (χ1n) is 12.1. The van der Waals surface area contributed by atoms with Gasteiger partial charge < -0.3 is 18.8 Å². The lowest BCUT2D eigenvalue weighted by molar-refractivity contribution is 0.0438. The van der Waals surface area contributed by atoms with Gasteiger partial charge in [-0.1, -0.05) is 6.07 Å². The molecule has 0 amide bonds. The molecule has 2 saturated heterocycles. The van der Waals surface area contributed by atoms with Gasteiger partial charge in [-0.3, -0.25) is 10.0 Å². The Kier molecular flexibility index (Phi) is 5.64. The van der Waals surface area contributed by atoms with E-state index in [0.29, 0.717) is 32.1 Å². The number of hydrogen-bond acceptors (Lipinski definition) is 7. The van der Waals surface area contributed by atoms with Crippen LogP contribution in [0.4, 0.5) is 10.1 Å². The molecule has 36 heavy (non-hydrogen) atoms. The van der Waals surface area contributed by atoms with Crippen LogP contribution < -0.4 is 9.75 Å². The lowest BCUT2D eigenvalue weighted by Gasteiger charge is -2.45. The fraction of sp³-hybridized carbons (Fsp3) is 0.333. The number of nitrogens with zero attached hydrogens (tertiary/aromatic N) is 5. The molecule has 6 rings (SSSR count). The minimum Gasteiger partial charge on any atom is -0.495 e. The van der Waals surface area contributed by atoms with Crippen LogP contribution >= 0.6 is 0 Å². The van der Waals surface area contributed by atoms with Crippen LogP contribution in [0.25, 0.3) is 11.8 Å². The normalized spacial score (nSPS) is 19.9. The number of amidine groups is 1. The van der Waals surface area contributed by atoms with Crippen molar-refractivity contribution < 1.29 is 18.6 Å². The maximum Gasteiger partial charge on any atom is 0.188 e. The Morgan fingerprint density at radius 2 is 1.89 bits per heavy atom. The average molecular weight is 490 g/mol. The number of morpholine rings is 1. The third-order valence-corrected chi connectivity index (χ3v) is 6.83. The maximum absolute atomic E-state index is 13.7. The molecule has 0 radical (unpaired) electrons. The van der Waals surface area contributed by atoms with Gasteiger partial charge in [0, 0.05) is 19.0 Å². The molecule has 9 heteroatoms. The lowest BCUT2D eigenvalue weighted by Crippen LogP contribution is -2.56. The fourth-order valence-corrected chi connectivity index (χ4v) is 5.11. The number of hydrazine groups is 1. The number of hydrogen-bond donors (Lipinski definition) is 0. The van der Waals surface area contributed by atoms with E-state index in [4.69, 9.17) is 19.2 Å². The topological polar surface area (TPSA) is 64.4 Å². The summed E-state index contributed by atoms with van der Waals surface area (Å²) < 4.78 is 33.2. The van der Waals surface area contributed by atoms with E-state index in [-0.39, 0.29) is 5.82 Å². The molecule has 0 atom stereocenters. The first-order chi connectivity index (χ1) is 17.6. The van der Waals surface area contributed by atoms with Gasteiger partial charge in [0.1, 0.15) is 18.2 Å². The van der Waals surface area contributed by atoms with E-state index in [2.05, 4.69) is 15.0 Å². The van der Waals surface area contributed by atoms with Crippen molar-refractivity contribution in [1.82, 2.24) is 14.6 Å². The van der Waals surface area contributed by atoms with Crippen molar-refractivity contribution in [3.8, 4) is 11.4 Å².